The smallest absolute Gasteiger partial charge is 0.303 e. The first-order valence-electron chi connectivity index (χ1n) is 5.36. The molecule has 0 aliphatic rings. The highest BCUT2D eigenvalue weighted by molar-refractivity contribution is 5.98. The Bertz CT molecular complexity index is 394. The SMILES string of the molecule is CC(C)C(=O)c1ccccc1CCC(=O)O. The van der Waals surface area contributed by atoms with Crippen LogP contribution in [0.2, 0.25) is 0 Å². The molecule has 0 unspecified atom stereocenters. The molecular formula is C13H16O3. The molecule has 0 radical (unpaired) electrons. The van der Waals surface area contributed by atoms with Crippen molar-refractivity contribution in [2.75, 3.05) is 0 Å². The summed E-state index contributed by atoms with van der Waals surface area (Å²) in [4.78, 5) is 22.4. The Hall–Kier alpha value is -1.64. The number of Topliss-reactive ketones (excluding diaryl/α,β-unsaturated/α-hetero) is 1. The van der Waals surface area contributed by atoms with Crippen LogP contribution < -0.4 is 0 Å². The molecule has 0 fully saturated rings. The molecule has 1 N–H and O–H groups in total. The number of aryl methyl sites for hydroxylation is 1. The number of aliphatic carboxylic acids is 1. The van der Waals surface area contributed by atoms with Gasteiger partial charge in [-0.15, -0.1) is 0 Å². The number of hydrogen-bond donors (Lipinski definition) is 1. The average Bonchev–Trinajstić information content (AvgIpc) is 2.25. The fourth-order valence-electron chi connectivity index (χ4n) is 1.53. The summed E-state index contributed by atoms with van der Waals surface area (Å²) in [5, 5.41) is 8.63. The van der Waals surface area contributed by atoms with Crippen molar-refractivity contribution < 1.29 is 14.7 Å². The lowest BCUT2D eigenvalue weighted by atomic mass is 9.94. The maximum absolute atomic E-state index is 11.9. The van der Waals surface area contributed by atoms with Crippen molar-refractivity contribution in [3.05, 3.63) is 35.4 Å². The Labute approximate surface area is 95.1 Å². The van der Waals surface area contributed by atoms with Crippen LogP contribution in [0.3, 0.4) is 0 Å². The maximum Gasteiger partial charge on any atom is 0.303 e. The highest BCUT2D eigenvalue weighted by Gasteiger charge is 2.14. The van der Waals surface area contributed by atoms with Crippen molar-refractivity contribution in [1.29, 1.82) is 0 Å². The van der Waals surface area contributed by atoms with Gasteiger partial charge in [-0.05, 0) is 12.0 Å². The number of carbonyl (C=O) groups excluding carboxylic acids is 1. The summed E-state index contributed by atoms with van der Waals surface area (Å²) in [5.41, 5.74) is 1.47. The van der Waals surface area contributed by atoms with Crippen molar-refractivity contribution in [1.82, 2.24) is 0 Å². The zero-order valence-electron chi connectivity index (χ0n) is 9.56. The molecule has 0 aromatic heterocycles. The highest BCUT2D eigenvalue weighted by Crippen LogP contribution is 2.15. The van der Waals surface area contributed by atoms with E-state index in [0.29, 0.717) is 12.0 Å². The second kappa shape index (κ2) is 5.45. The molecule has 1 aromatic carbocycles. The van der Waals surface area contributed by atoms with Gasteiger partial charge in [-0.3, -0.25) is 9.59 Å². The minimum absolute atomic E-state index is 0.0579. The Kier molecular flexibility index (Phi) is 4.23. The maximum atomic E-state index is 11.9. The summed E-state index contributed by atoms with van der Waals surface area (Å²) in [6, 6.07) is 7.21. The van der Waals surface area contributed by atoms with Crippen LogP contribution in [0.25, 0.3) is 0 Å². The minimum Gasteiger partial charge on any atom is -0.481 e. The summed E-state index contributed by atoms with van der Waals surface area (Å²) >= 11 is 0. The first kappa shape index (κ1) is 12.4. The highest BCUT2D eigenvalue weighted by atomic mass is 16.4. The predicted octanol–water partition coefficient (Wildman–Crippen LogP) is 2.54. The molecule has 3 nitrogen and oxygen atoms in total. The van der Waals surface area contributed by atoms with Crippen LogP contribution in [0, 0.1) is 5.92 Å². The van der Waals surface area contributed by atoms with Gasteiger partial charge in [0.25, 0.3) is 0 Å². The van der Waals surface area contributed by atoms with Gasteiger partial charge in [-0.1, -0.05) is 38.1 Å². The molecule has 0 saturated heterocycles. The van der Waals surface area contributed by atoms with Crippen LogP contribution in [-0.4, -0.2) is 16.9 Å². The summed E-state index contributed by atoms with van der Waals surface area (Å²) in [5.74, 6) is -0.834. The van der Waals surface area contributed by atoms with E-state index in [1.807, 2.05) is 26.0 Å². The van der Waals surface area contributed by atoms with E-state index in [9.17, 15) is 9.59 Å². The zero-order chi connectivity index (χ0) is 12.1. The van der Waals surface area contributed by atoms with E-state index < -0.39 is 5.97 Å². The first-order valence-corrected chi connectivity index (χ1v) is 5.36. The molecule has 0 spiro atoms. The number of carboxylic acids is 1. The average molecular weight is 220 g/mol. The Morgan fingerprint density at radius 3 is 2.44 bits per heavy atom. The van der Waals surface area contributed by atoms with E-state index in [1.165, 1.54) is 0 Å². The van der Waals surface area contributed by atoms with Gasteiger partial charge in [-0.25, -0.2) is 0 Å². The van der Waals surface area contributed by atoms with Gasteiger partial charge in [0.15, 0.2) is 5.78 Å². The zero-order valence-corrected chi connectivity index (χ0v) is 9.56. The molecular weight excluding hydrogens is 204 g/mol. The number of rotatable bonds is 5. The third-order valence-corrected chi connectivity index (χ3v) is 2.42. The third-order valence-electron chi connectivity index (χ3n) is 2.42. The van der Waals surface area contributed by atoms with Crippen LogP contribution in [0.5, 0.6) is 0 Å². The van der Waals surface area contributed by atoms with Gasteiger partial charge in [0, 0.05) is 17.9 Å². The number of carbonyl (C=O) groups is 2. The van der Waals surface area contributed by atoms with Crippen LogP contribution in [0.4, 0.5) is 0 Å². The Morgan fingerprint density at radius 2 is 1.88 bits per heavy atom. The topological polar surface area (TPSA) is 54.4 Å². The van der Waals surface area contributed by atoms with Crippen molar-refractivity contribution in [3.8, 4) is 0 Å². The van der Waals surface area contributed by atoms with Crippen LogP contribution in [-0.2, 0) is 11.2 Å². The number of hydrogen-bond acceptors (Lipinski definition) is 2. The fraction of sp³-hybridized carbons (Fsp3) is 0.385. The van der Waals surface area contributed by atoms with E-state index in [0.717, 1.165) is 5.56 Å². The lowest BCUT2D eigenvalue weighted by Gasteiger charge is -2.09. The molecule has 0 heterocycles. The normalized spacial score (nSPS) is 10.4. The van der Waals surface area contributed by atoms with Gasteiger partial charge in [-0.2, -0.15) is 0 Å². The molecule has 3 heteroatoms. The van der Waals surface area contributed by atoms with E-state index >= 15 is 0 Å². The van der Waals surface area contributed by atoms with Crippen molar-refractivity contribution in [2.24, 2.45) is 5.92 Å². The van der Waals surface area contributed by atoms with E-state index in [1.54, 1.807) is 12.1 Å². The van der Waals surface area contributed by atoms with E-state index in [-0.39, 0.29) is 18.1 Å². The molecule has 0 aliphatic carbocycles. The van der Waals surface area contributed by atoms with Crippen molar-refractivity contribution in [2.45, 2.75) is 26.7 Å². The fourth-order valence-corrected chi connectivity index (χ4v) is 1.53. The largest absolute Gasteiger partial charge is 0.481 e. The number of benzene rings is 1. The van der Waals surface area contributed by atoms with Gasteiger partial charge in [0.05, 0.1) is 0 Å². The molecule has 86 valence electrons. The van der Waals surface area contributed by atoms with Crippen LogP contribution in [0.15, 0.2) is 24.3 Å². The summed E-state index contributed by atoms with van der Waals surface area (Å²) in [7, 11) is 0. The monoisotopic (exact) mass is 220 g/mol. The third kappa shape index (κ3) is 3.19. The summed E-state index contributed by atoms with van der Waals surface area (Å²) in [6.45, 7) is 3.69. The Morgan fingerprint density at radius 1 is 1.25 bits per heavy atom. The molecule has 1 rings (SSSR count). The first-order chi connectivity index (χ1) is 7.52. The molecule has 16 heavy (non-hydrogen) atoms. The van der Waals surface area contributed by atoms with Crippen molar-refractivity contribution in [3.63, 3.8) is 0 Å². The van der Waals surface area contributed by atoms with E-state index in [2.05, 4.69) is 0 Å². The standard InChI is InChI=1S/C13H16O3/c1-9(2)13(16)11-6-4-3-5-10(11)7-8-12(14)15/h3-6,9H,7-8H2,1-2H3,(H,14,15). The second-order valence-electron chi connectivity index (χ2n) is 4.07. The quantitative estimate of drug-likeness (QED) is 0.776. The number of ketones is 1. The van der Waals surface area contributed by atoms with Crippen LogP contribution in [0.1, 0.15) is 36.2 Å². The molecule has 1 aromatic rings. The van der Waals surface area contributed by atoms with Gasteiger partial charge in [0.1, 0.15) is 0 Å². The molecule has 0 aliphatic heterocycles. The van der Waals surface area contributed by atoms with Crippen molar-refractivity contribution >= 4 is 11.8 Å². The van der Waals surface area contributed by atoms with Gasteiger partial charge >= 0.3 is 5.97 Å². The van der Waals surface area contributed by atoms with Gasteiger partial charge < -0.3 is 5.11 Å². The molecule has 0 atom stereocenters. The van der Waals surface area contributed by atoms with E-state index in [4.69, 9.17) is 5.11 Å². The summed E-state index contributed by atoms with van der Waals surface area (Å²) < 4.78 is 0. The molecule has 0 amide bonds. The molecule has 0 bridgehead atoms. The second-order valence-corrected chi connectivity index (χ2v) is 4.07. The lowest BCUT2D eigenvalue weighted by molar-refractivity contribution is -0.136. The predicted molar refractivity (Wildman–Crippen MR) is 61.6 cm³/mol. The Balaban J connectivity index is 2.91. The summed E-state index contributed by atoms with van der Waals surface area (Å²) in [6.07, 6.45) is 0.465. The van der Waals surface area contributed by atoms with Crippen LogP contribution >= 0.6 is 0 Å². The minimum atomic E-state index is -0.841. The number of carboxylic acid groups (broad SMARTS) is 1. The lowest BCUT2D eigenvalue weighted by Crippen LogP contribution is -2.11. The molecule has 0 saturated carbocycles. The van der Waals surface area contributed by atoms with Gasteiger partial charge in [0.2, 0.25) is 0 Å².